The number of nitrogens with zero attached hydrogens (tertiary/aromatic N) is 3. The molecule has 0 aliphatic rings. The van der Waals surface area contributed by atoms with Crippen LogP contribution >= 0.6 is 11.3 Å². The van der Waals surface area contributed by atoms with Gasteiger partial charge in [-0.25, -0.2) is 20.8 Å². The molecule has 19 heavy (non-hydrogen) atoms. The summed E-state index contributed by atoms with van der Waals surface area (Å²) >= 11 is 1.58. The Labute approximate surface area is 116 Å². The van der Waals surface area contributed by atoms with Gasteiger partial charge in [0.15, 0.2) is 0 Å². The van der Waals surface area contributed by atoms with Crippen LogP contribution in [0.15, 0.2) is 10.9 Å². The van der Waals surface area contributed by atoms with Gasteiger partial charge in [-0.1, -0.05) is 13.8 Å². The molecule has 6 nitrogen and oxygen atoms in total. The summed E-state index contributed by atoms with van der Waals surface area (Å²) in [6, 6.07) is 0. The highest BCUT2D eigenvalue weighted by Crippen LogP contribution is 2.22. The standard InChI is InChI=1S/C12H18N6S/c1-7(2)10-16-11(8(3)12(17-10)18-13)14-4-9-5-19-6-15-9/h5-7H,4,13H2,1-3H3,(H2,14,16,17,18). The molecule has 0 unspecified atom stereocenters. The van der Waals surface area contributed by atoms with Crippen LogP contribution in [-0.2, 0) is 6.54 Å². The van der Waals surface area contributed by atoms with Crippen LogP contribution in [0.4, 0.5) is 11.6 Å². The Balaban J connectivity index is 2.24. The Morgan fingerprint density at radius 2 is 2.05 bits per heavy atom. The lowest BCUT2D eigenvalue weighted by molar-refractivity contribution is 0.772. The minimum atomic E-state index is 0.243. The van der Waals surface area contributed by atoms with Crippen LogP contribution in [0.5, 0.6) is 0 Å². The van der Waals surface area contributed by atoms with Gasteiger partial charge in [0.05, 0.1) is 17.7 Å². The van der Waals surface area contributed by atoms with Crippen LogP contribution < -0.4 is 16.6 Å². The maximum Gasteiger partial charge on any atom is 0.148 e. The second kappa shape index (κ2) is 5.94. The highest BCUT2D eigenvalue weighted by atomic mass is 32.1. The summed E-state index contributed by atoms with van der Waals surface area (Å²) in [6.45, 7) is 6.68. The minimum Gasteiger partial charge on any atom is -0.364 e. The molecule has 0 spiro atoms. The van der Waals surface area contributed by atoms with Gasteiger partial charge in [0.1, 0.15) is 17.5 Å². The fourth-order valence-electron chi connectivity index (χ4n) is 1.60. The van der Waals surface area contributed by atoms with Crippen LogP contribution in [0, 0.1) is 6.92 Å². The van der Waals surface area contributed by atoms with Gasteiger partial charge in [0, 0.05) is 16.9 Å². The maximum absolute atomic E-state index is 5.50. The monoisotopic (exact) mass is 278 g/mol. The van der Waals surface area contributed by atoms with E-state index in [1.807, 2.05) is 17.8 Å². The summed E-state index contributed by atoms with van der Waals surface area (Å²) in [6.07, 6.45) is 0. The predicted molar refractivity (Wildman–Crippen MR) is 78.1 cm³/mol. The molecule has 2 aromatic rings. The first-order chi connectivity index (χ1) is 9.11. The number of aromatic nitrogens is 3. The van der Waals surface area contributed by atoms with Crippen molar-refractivity contribution in [2.45, 2.75) is 33.2 Å². The first-order valence-corrected chi connectivity index (χ1v) is 7.02. The molecular weight excluding hydrogens is 260 g/mol. The first kappa shape index (κ1) is 13.7. The topological polar surface area (TPSA) is 88.8 Å². The summed E-state index contributed by atoms with van der Waals surface area (Å²) in [5.41, 5.74) is 6.34. The van der Waals surface area contributed by atoms with Crippen molar-refractivity contribution in [2.24, 2.45) is 5.84 Å². The van der Waals surface area contributed by atoms with E-state index in [0.29, 0.717) is 12.4 Å². The van der Waals surface area contributed by atoms with Gasteiger partial charge >= 0.3 is 0 Å². The average Bonchev–Trinajstić information content (AvgIpc) is 2.90. The molecule has 0 bridgehead atoms. The van der Waals surface area contributed by atoms with E-state index in [9.17, 15) is 0 Å². The largest absolute Gasteiger partial charge is 0.364 e. The number of hydrogen-bond acceptors (Lipinski definition) is 7. The molecular formula is C12H18N6S. The predicted octanol–water partition coefficient (Wildman–Crippen LogP) is 2.26. The Kier molecular flexibility index (Phi) is 4.28. The van der Waals surface area contributed by atoms with Gasteiger partial charge in [-0.15, -0.1) is 11.3 Å². The molecule has 7 heteroatoms. The van der Waals surface area contributed by atoms with E-state index in [1.54, 1.807) is 11.3 Å². The van der Waals surface area contributed by atoms with Crippen molar-refractivity contribution in [3.8, 4) is 0 Å². The number of nitrogen functional groups attached to an aromatic ring is 1. The smallest absolute Gasteiger partial charge is 0.148 e. The molecule has 0 aliphatic heterocycles. The lowest BCUT2D eigenvalue weighted by Crippen LogP contribution is -2.15. The molecule has 0 fully saturated rings. The number of hydrogen-bond donors (Lipinski definition) is 3. The molecule has 0 aliphatic carbocycles. The van der Waals surface area contributed by atoms with Gasteiger partial charge < -0.3 is 10.7 Å². The molecule has 0 amide bonds. The molecule has 0 radical (unpaired) electrons. The molecule has 2 heterocycles. The fraction of sp³-hybridized carbons (Fsp3) is 0.417. The Hall–Kier alpha value is -1.73. The van der Waals surface area contributed by atoms with Crippen molar-refractivity contribution in [1.29, 1.82) is 0 Å². The summed E-state index contributed by atoms with van der Waals surface area (Å²) < 4.78 is 0. The Morgan fingerprint density at radius 1 is 1.32 bits per heavy atom. The third-order valence-corrected chi connectivity index (χ3v) is 3.37. The molecule has 0 saturated carbocycles. The van der Waals surface area contributed by atoms with Crippen molar-refractivity contribution >= 4 is 23.0 Å². The van der Waals surface area contributed by atoms with E-state index in [4.69, 9.17) is 5.84 Å². The Morgan fingerprint density at radius 3 is 2.63 bits per heavy atom. The van der Waals surface area contributed by atoms with Crippen LogP contribution in [0.3, 0.4) is 0 Å². The summed E-state index contributed by atoms with van der Waals surface area (Å²) in [4.78, 5) is 13.2. The van der Waals surface area contributed by atoms with Crippen LogP contribution in [0.2, 0.25) is 0 Å². The van der Waals surface area contributed by atoms with Gasteiger partial charge in [-0.2, -0.15) is 0 Å². The minimum absolute atomic E-state index is 0.243. The second-order valence-electron chi connectivity index (χ2n) is 4.54. The van der Waals surface area contributed by atoms with E-state index >= 15 is 0 Å². The van der Waals surface area contributed by atoms with E-state index in [-0.39, 0.29) is 5.92 Å². The summed E-state index contributed by atoms with van der Waals surface area (Å²) in [5, 5.41) is 5.29. The highest BCUT2D eigenvalue weighted by Gasteiger charge is 2.12. The van der Waals surface area contributed by atoms with Crippen molar-refractivity contribution in [1.82, 2.24) is 15.0 Å². The number of hydrazine groups is 1. The Bertz CT molecular complexity index is 537. The van der Waals surface area contributed by atoms with Gasteiger partial charge in [-0.3, -0.25) is 0 Å². The lowest BCUT2D eigenvalue weighted by atomic mass is 10.2. The third-order valence-electron chi connectivity index (χ3n) is 2.74. The molecule has 0 aromatic carbocycles. The zero-order valence-corrected chi connectivity index (χ0v) is 12.1. The molecule has 4 N–H and O–H groups in total. The van der Waals surface area contributed by atoms with E-state index in [1.165, 1.54) is 0 Å². The zero-order valence-electron chi connectivity index (χ0n) is 11.3. The van der Waals surface area contributed by atoms with Crippen LogP contribution in [-0.4, -0.2) is 15.0 Å². The summed E-state index contributed by atoms with van der Waals surface area (Å²) in [5.74, 6) is 7.95. The van der Waals surface area contributed by atoms with E-state index in [0.717, 1.165) is 22.9 Å². The van der Waals surface area contributed by atoms with E-state index in [2.05, 4.69) is 39.5 Å². The lowest BCUT2D eigenvalue weighted by Gasteiger charge is -2.14. The second-order valence-corrected chi connectivity index (χ2v) is 5.26. The van der Waals surface area contributed by atoms with Crippen LogP contribution in [0.1, 0.15) is 36.8 Å². The normalized spacial score (nSPS) is 10.8. The molecule has 2 rings (SSSR count). The van der Waals surface area contributed by atoms with Crippen molar-refractivity contribution < 1.29 is 0 Å². The number of nitrogens with two attached hydrogens (primary N) is 1. The molecule has 102 valence electrons. The maximum atomic E-state index is 5.50. The molecule has 2 aromatic heterocycles. The SMILES string of the molecule is Cc1c(NN)nc(C(C)C)nc1NCc1cscn1. The first-order valence-electron chi connectivity index (χ1n) is 6.08. The fourth-order valence-corrected chi connectivity index (χ4v) is 2.16. The number of rotatable bonds is 5. The van der Waals surface area contributed by atoms with Gasteiger partial charge in [-0.05, 0) is 6.92 Å². The quantitative estimate of drug-likeness (QED) is 0.574. The highest BCUT2D eigenvalue weighted by molar-refractivity contribution is 7.07. The number of anilines is 2. The third kappa shape index (κ3) is 3.18. The van der Waals surface area contributed by atoms with Gasteiger partial charge in [0.2, 0.25) is 0 Å². The van der Waals surface area contributed by atoms with Crippen molar-refractivity contribution in [2.75, 3.05) is 10.7 Å². The van der Waals surface area contributed by atoms with Crippen molar-refractivity contribution in [3.63, 3.8) is 0 Å². The van der Waals surface area contributed by atoms with E-state index < -0.39 is 0 Å². The number of nitrogens with one attached hydrogen (secondary N) is 2. The van der Waals surface area contributed by atoms with Crippen LogP contribution in [0.25, 0.3) is 0 Å². The molecule has 0 atom stereocenters. The molecule has 0 saturated heterocycles. The number of thiazole rings is 1. The van der Waals surface area contributed by atoms with Crippen molar-refractivity contribution in [3.05, 3.63) is 28.0 Å². The van der Waals surface area contributed by atoms with Gasteiger partial charge in [0.25, 0.3) is 0 Å². The zero-order chi connectivity index (χ0) is 13.8. The average molecular weight is 278 g/mol. The summed E-state index contributed by atoms with van der Waals surface area (Å²) in [7, 11) is 0.